The SMILES string of the molecule is CNC(=O)c1cc(S(=O)(=O)NCC2(N(C)C)CC2)cn1C. The van der Waals surface area contributed by atoms with Crippen molar-refractivity contribution in [1.82, 2.24) is 19.5 Å². The minimum atomic E-state index is -3.61. The van der Waals surface area contributed by atoms with Gasteiger partial charge in [0.15, 0.2) is 0 Å². The molecule has 1 aliphatic carbocycles. The van der Waals surface area contributed by atoms with E-state index >= 15 is 0 Å². The highest BCUT2D eigenvalue weighted by molar-refractivity contribution is 7.89. The monoisotopic (exact) mass is 314 g/mol. The zero-order chi connectivity index (χ0) is 15.8. The maximum Gasteiger partial charge on any atom is 0.267 e. The van der Waals surface area contributed by atoms with Gasteiger partial charge < -0.3 is 14.8 Å². The number of amides is 1. The number of likely N-dealkylation sites (N-methyl/N-ethyl adjacent to an activating group) is 1. The van der Waals surface area contributed by atoms with Gasteiger partial charge in [0.25, 0.3) is 5.91 Å². The molecule has 1 saturated carbocycles. The summed E-state index contributed by atoms with van der Waals surface area (Å²) < 4.78 is 28.8. The van der Waals surface area contributed by atoms with Crippen LogP contribution in [0.2, 0.25) is 0 Å². The van der Waals surface area contributed by atoms with E-state index in [1.165, 1.54) is 23.9 Å². The molecule has 0 radical (unpaired) electrons. The number of aryl methyl sites for hydroxylation is 1. The molecule has 0 aromatic carbocycles. The van der Waals surface area contributed by atoms with Crippen LogP contribution in [-0.4, -0.2) is 57.0 Å². The van der Waals surface area contributed by atoms with Gasteiger partial charge >= 0.3 is 0 Å². The van der Waals surface area contributed by atoms with E-state index < -0.39 is 10.0 Å². The van der Waals surface area contributed by atoms with E-state index in [1.54, 1.807) is 7.05 Å². The van der Waals surface area contributed by atoms with Gasteiger partial charge in [0.2, 0.25) is 10.0 Å². The summed E-state index contributed by atoms with van der Waals surface area (Å²) in [6.45, 7) is 0.381. The van der Waals surface area contributed by atoms with Crippen molar-refractivity contribution in [2.24, 2.45) is 7.05 Å². The Hall–Kier alpha value is -1.38. The molecular weight excluding hydrogens is 292 g/mol. The number of carbonyl (C=O) groups is 1. The molecular formula is C13H22N4O3S. The van der Waals surface area contributed by atoms with Crippen LogP contribution in [0, 0.1) is 0 Å². The van der Waals surface area contributed by atoms with Gasteiger partial charge in [0.05, 0.1) is 0 Å². The summed E-state index contributed by atoms with van der Waals surface area (Å²) in [7, 11) is 3.45. The van der Waals surface area contributed by atoms with Crippen molar-refractivity contribution in [3.05, 3.63) is 18.0 Å². The Kier molecular flexibility index (Phi) is 4.14. The van der Waals surface area contributed by atoms with Crippen LogP contribution in [0.5, 0.6) is 0 Å². The minimum absolute atomic E-state index is 0.0640. The highest BCUT2D eigenvalue weighted by Gasteiger charge is 2.45. The Morgan fingerprint density at radius 1 is 1.43 bits per heavy atom. The summed E-state index contributed by atoms with van der Waals surface area (Å²) in [4.78, 5) is 13.8. The quantitative estimate of drug-likeness (QED) is 0.759. The van der Waals surface area contributed by atoms with Gasteiger partial charge in [-0.25, -0.2) is 13.1 Å². The van der Waals surface area contributed by atoms with Crippen molar-refractivity contribution in [3.63, 3.8) is 0 Å². The van der Waals surface area contributed by atoms with E-state index in [4.69, 9.17) is 0 Å². The van der Waals surface area contributed by atoms with Gasteiger partial charge in [0, 0.05) is 32.4 Å². The molecule has 118 valence electrons. The van der Waals surface area contributed by atoms with Crippen molar-refractivity contribution in [3.8, 4) is 0 Å². The predicted octanol–water partition coefficient (Wildman–Crippen LogP) is -0.243. The maximum absolute atomic E-state index is 12.3. The number of nitrogens with zero attached hydrogens (tertiary/aromatic N) is 2. The topological polar surface area (TPSA) is 83.4 Å². The molecule has 0 atom stereocenters. The second-order valence-corrected chi connectivity index (χ2v) is 7.46. The van der Waals surface area contributed by atoms with E-state index in [2.05, 4.69) is 14.9 Å². The van der Waals surface area contributed by atoms with Crippen LogP contribution in [0.3, 0.4) is 0 Å². The fraction of sp³-hybridized carbons (Fsp3) is 0.615. The van der Waals surface area contributed by atoms with E-state index in [0.717, 1.165) is 12.8 Å². The van der Waals surface area contributed by atoms with Crippen molar-refractivity contribution < 1.29 is 13.2 Å². The molecule has 0 bridgehead atoms. The number of hydrogen-bond acceptors (Lipinski definition) is 4. The Balaban J connectivity index is 2.15. The lowest BCUT2D eigenvalue weighted by atomic mass is 10.2. The normalized spacial score (nSPS) is 17.0. The molecule has 21 heavy (non-hydrogen) atoms. The third-order valence-corrected chi connectivity index (χ3v) is 5.49. The Labute approximate surface area is 125 Å². The van der Waals surface area contributed by atoms with E-state index in [9.17, 15) is 13.2 Å². The molecule has 8 heteroatoms. The molecule has 0 unspecified atom stereocenters. The average molecular weight is 314 g/mol. The van der Waals surface area contributed by atoms with E-state index in [-0.39, 0.29) is 16.3 Å². The lowest BCUT2D eigenvalue weighted by Gasteiger charge is -2.23. The molecule has 2 rings (SSSR count). The first-order valence-electron chi connectivity index (χ1n) is 6.77. The van der Waals surface area contributed by atoms with Crippen molar-refractivity contribution in [2.45, 2.75) is 23.3 Å². The highest BCUT2D eigenvalue weighted by atomic mass is 32.2. The summed E-state index contributed by atoms with van der Waals surface area (Å²) in [6, 6.07) is 1.39. The van der Waals surface area contributed by atoms with Crippen LogP contribution < -0.4 is 10.0 Å². The fourth-order valence-electron chi connectivity index (χ4n) is 2.27. The lowest BCUT2D eigenvalue weighted by molar-refractivity contribution is 0.0955. The number of sulfonamides is 1. The average Bonchev–Trinajstić information content (AvgIpc) is 3.12. The molecule has 0 saturated heterocycles. The molecule has 1 fully saturated rings. The summed E-state index contributed by atoms with van der Waals surface area (Å²) in [5, 5.41) is 2.49. The number of nitrogens with one attached hydrogen (secondary N) is 2. The third-order valence-electron chi connectivity index (χ3n) is 4.12. The summed E-state index contributed by atoms with van der Waals surface area (Å²) in [6.07, 6.45) is 3.42. The van der Waals surface area contributed by atoms with Gasteiger partial charge in [-0.3, -0.25) is 4.79 Å². The highest BCUT2D eigenvalue weighted by Crippen LogP contribution is 2.39. The molecule has 1 amide bonds. The summed E-state index contributed by atoms with van der Waals surface area (Å²) >= 11 is 0. The molecule has 1 aromatic rings. The third kappa shape index (κ3) is 3.12. The maximum atomic E-state index is 12.3. The summed E-state index contributed by atoms with van der Waals surface area (Å²) in [5.74, 6) is -0.314. The zero-order valence-electron chi connectivity index (χ0n) is 12.8. The lowest BCUT2D eigenvalue weighted by Crippen LogP contribution is -2.42. The molecule has 1 heterocycles. The van der Waals surface area contributed by atoms with Crippen LogP contribution in [0.25, 0.3) is 0 Å². The number of hydrogen-bond donors (Lipinski definition) is 2. The fourth-order valence-corrected chi connectivity index (χ4v) is 3.46. The van der Waals surface area contributed by atoms with Gasteiger partial charge in [-0.1, -0.05) is 0 Å². The van der Waals surface area contributed by atoms with Crippen LogP contribution in [0.4, 0.5) is 0 Å². The molecule has 0 aliphatic heterocycles. The zero-order valence-corrected chi connectivity index (χ0v) is 13.6. The van der Waals surface area contributed by atoms with Crippen molar-refractivity contribution in [2.75, 3.05) is 27.7 Å². The second-order valence-electron chi connectivity index (χ2n) is 5.69. The molecule has 0 spiro atoms. The predicted molar refractivity (Wildman–Crippen MR) is 79.6 cm³/mol. The van der Waals surface area contributed by atoms with E-state index in [1.807, 2.05) is 14.1 Å². The number of aromatic nitrogens is 1. The van der Waals surface area contributed by atoms with Crippen molar-refractivity contribution >= 4 is 15.9 Å². The van der Waals surface area contributed by atoms with E-state index in [0.29, 0.717) is 12.2 Å². The van der Waals surface area contributed by atoms with Crippen molar-refractivity contribution in [1.29, 1.82) is 0 Å². The Morgan fingerprint density at radius 3 is 2.52 bits per heavy atom. The number of rotatable bonds is 6. The van der Waals surface area contributed by atoms with Crippen LogP contribution in [-0.2, 0) is 17.1 Å². The van der Waals surface area contributed by atoms with Gasteiger partial charge in [0.1, 0.15) is 10.6 Å². The smallest absolute Gasteiger partial charge is 0.267 e. The van der Waals surface area contributed by atoms with Gasteiger partial charge in [-0.05, 0) is 33.0 Å². The van der Waals surface area contributed by atoms with Crippen LogP contribution in [0.15, 0.2) is 17.2 Å². The van der Waals surface area contributed by atoms with Crippen LogP contribution >= 0.6 is 0 Å². The molecule has 1 aliphatic rings. The first-order chi connectivity index (χ1) is 9.72. The van der Waals surface area contributed by atoms with Gasteiger partial charge in [-0.2, -0.15) is 0 Å². The Bertz CT molecular complexity index is 644. The molecule has 7 nitrogen and oxygen atoms in total. The number of carbonyl (C=O) groups excluding carboxylic acids is 1. The molecule has 1 aromatic heterocycles. The first kappa shape index (κ1) is 16.0. The standard InChI is InChI=1S/C13H22N4O3S/c1-14-12(18)11-7-10(8-17(11)4)21(19,20)15-9-13(5-6-13)16(2)3/h7-8,15H,5-6,9H2,1-4H3,(H,14,18). The van der Waals surface area contributed by atoms with Crippen LogP contribution in [0.1, 0.15) is 23.3 Å². The van der Waals surface area contributed by atoms with Gasteiger partial charge in [-0.15, -0.1) is 0 Å². The molecule has 2 N–H and O–H groups in total. The Morgan fingerprint density at radius 2 is 2.05 bits per heavy atom. The summed E-state index contributed by atoms with van der Waals surface area (Å²) in [5.41, 5.74) is 0.248. The largest absolute Gasteiger partial charge is 0.354 e. The minimum Gasteiger partial charge on any atom is -0.354 e. The second kappa shape index (κ2) is 5.43. The first-order valence-corrected chi connectivity index (χ1v) is 8.26.